The molecular weight excluding hydrogens is 271 g/mol. The Labute approximate surface area is 114 Å². The van der Waals surface area contributed by atoms with Gasteiger partial charge in [-0.1, -0.05) is 12.1 Å². The van der Waals surface area contributed by atoms with Crippen LogP contribution in [0.25, 0.3) is 0 Å². The molecule has 4 N–H and O–H groups in total. The molecule has 7 heteroatoms. The molecular formula is C13H18F3N3O+2. The number of hydrogen-bond acceptors (Lipinski definition) is 1. The summed E-state index contributed by atoms with van der Waals surface area (Å²) in [6.45, 7) is 3.81. The van der Waals surface area contributed by atoms with Crippen molar-refractivity contribution in [1.82, 2.24) is 0 Å². The Morgan fingerprint density at radius 1 is 1.25 bits per heavy atom. The van der Waals surface area contributed by atoms with Crippen LogP contribution in [0.4, 0.5) is 18.9 Å². The van der Waals surface area contributed by atoms with E-state index in [4.69, 9.17) is 0 Å². The summed E-state index contributed by atoms with van der Waals surface area (Å²) in [4.78, 5) is 13.0. The van der Waals surface area contributed by atoms with Crippen molar-refractivity contribution >= 4 is 11.6 Å². The molecule has 0 spiro atoms. The van der Waals surface area contributed by atoms with Crippen molar-refractivity contribution in [2.24, 2.45) is 0 Å². The van der Waals surface area contributed by atoms with Gasteiger partial charge < -0.3 is 15.5 Å². The first kappa shape index (κ1) is 14.8. The van der Waals surface area contributed by atoms with E-state index in [1.165, 1.54) is 18.2 Å². The van der Waals surface area contributed by atoms with Gasteiger partial charge in [-0.05, 0) is 12.1 Å². The monoisotopic (exact) mass is 289 g/mol. The normalized spacial score (nSPS) is 16.9. The highest BCUT2D eigenvalue weighted by molar-refractivity contribution is 5.92. The molecule has 0 bridgehead atoms. The SMILES string of the molecule is O=C(C[NH+]1CC[NH2+]CC1)Nc1ccccc1C(F)(F)F. The van der Waals surface area contributed by atoms with Gasteiger partial charge in [0.1, 0.15) is 26.2 Å². The van der Waals surface area contributed by atoms with Crippen molar-refractivity contribution in [3.63, 3.8) is 0 Å². The second kappa shape index (κ2) is 6.23. The van der Waals surface area contributed by atoms with E-state index < -0.39 is 11.7 Å². The summed E-state index contributed by atoms with van der Waals surface area (Å²) in [7, 11) is 0. The Morgan fingerprint density at radius 3 is 2.55 bits per heavy atom. The van der Waals surface area contributed by atoms with Gasteiger partial charge in [-0.2, -0.15) is 13.2 Å². The second-order valence-corrected chi connectivity index (χ2v) is 4.88. The Bertz CT molecular complexity index is 470. The molecule has 0 saturated carbocycles. The Balaban J connectivity index is 2.00. The minimum absolute atomic E-state index is 0.173. The number of carbonyl (C=O) groups excluding carboxylic acids is 1. The quantitative estimate of drug-likeness (QED) is 0.664. The summed E-state index contributed by atoms with van der Waals surface area (Å²) in [5.41, 5.74) is -0.983. The largest absolute Gasteiger partial charge is 0.418 e. The number of nitrogens with one attached hydrogen (secondary N) is 2. The topological polar surface area (TPSA) is 50.2 Å². The first-order valence-corrected chi connectivity index (χ1v) is 6.58. The molecule has 20 heavy (non-hydrogen) atoms. The van der Waals surface area contributed by atoms with Crippen LogP contribution in [0, 0.1) is 0 Å². The first-order valence-electron chi connectivity index (χ1n) is 6.58. The Morgan fingerprint density at radius 2 is 1.90 bits per heavy atom. The Kier molecular flexibility index (Phi) is 4.61. The third-order valence-corrected chi connectivity index (χ3v) is 3.32. The van der Waals surface area contributed by atoms with Crippen LogP contribution >= 0.6 is 0 Å². The van der Waals surface area contributed by atoms with Crippen LogP contribution in [0.15, 0.2) is 24.3 Å². The van der Waals surface area contributed by atoms with Crippen molar-refractivity contribution in [2.45, 2.75) is 6.18 Å². The average Bonchev–Trinajstić information content (AvgIpc) is 2.39. The molecule has 1 fully saturated rings. The number of benzene rings is 1. The molecule has 1 amide bonds. The maximum Gasteiger partial charge on any atom is 0.418 e. The van der Waals surface area contributed by atoms with E-state index in [9.17, 15) is 18.0 Å². The van der Waals surface area contributed by atoms with Crippen LogP contribution in [-0.2, 0) is 11.0 Å². The van der Waals surface area contributed by atoms with Gasteiger partial charge in [-0.15, -0.1) is 0 Å². The number of piperazine rings is 1. The predicted molar refractivity (Wildman–Crippen MR) is 67.3 cm³/mol. The summed E-state index contributed by atoms with van der Waals surface area (Å²) < 4.78 is 38.4. The van der Waals surface area contributed by atoms with Gasteiger partial charge in [0.15, 0.2) is 6.54 Å². The number of hydrogen-bond donors (Lipinski definition) is 3. The standard InChI is InChI=1S/C13H16F3N3O/c14-13(15,16)10-3-1-2-4-11(10)18-12(20)9-19-7-5-17-6-8-19/h1-4,17H,5-9H2,(H,18,20)/p+2. The fraction of sp³-hybridized carbons (Fsp3) is 0.462. The number of alkyl halides is 3. The smallest absolute Gasteiger partial charge is 0.337 e. The van der Waals surface area contributed by atoms with Gasteiger partial charge in [0, 0.05) is 0 Å². The molecule has 0 atom stereocenters. The van der Waals surface area contributed by atoms with Crippen molar-refractivity contribution in [3.8, 4) is 0 Å². The van der Waals surface area contributed by atoms with Crippen LogP contribution in [0.5, 0.6) is 0 Å². The van der Waals surface area contributed by atoms with Crippen LogP contribution in [0.3, 0.4) is 0 Å². The summed E-state index contributed by atoms with van der Waals surface area (Å²) in [5.74, 6) is -0.376. The van der Waals surface area contributed by atoms with E-state index in [-0.39, 0.29) is 18.1 Å². The number of para-hydroxylation sites is 1. The van der Waals surface area contributed by atoms with E-state index >= 15 is 0 Å². The van der Waals surface area contributed by atoms with E-state index in [0.717, 1.165) is 37.1 Å². The first-order chi connectivity index (χ1) is 9.47. The predicted octanol–water partition coefficient (Wildman–Crippen LogP) is -0.894. The molecule has 1 aliphatic heterocycles. The van der Waals surface area contributed by atoms with Gasteiger partial charge in [0.2, 0.25) is 0 Å². The van der Waals surface area contributed by atoms with Crippen LogP contribution < -0.4 is 15.5 Å². The molecule has 110 valence electrons. The lowest BCUT2D eigenvalue weighted by Crippen LogP contribution is -3.21. The Hall–Kier alpha value is -1.60. The average molecular weight is 289 g/mol. The zero-order valence-electron chi connectivity index (χ0n) is 11.0. The van der Waals surface area contributed by atoms with Gasteiger partial charge in [0.25, 0.3) is 5.91 Å². The van der Waals surface area contributed by atoms with E-state index in [2.05, 4.69) is 10.6 Å². The third-order valence-electron chi connectivity index (χ3n) is 3.32. The van der Waals surface area contributed by atoms with Crippen molar-refractivity contribution < 1.29 is 28.2 Å². The van der Waals surface area contributed by atoms with Crippen molar-refractivity contribution in [1.29, 1.82) is 0 Å². The highest BCUT2D eigenvalue weighted by Crippen LogP contribution is 2.34. The number of rotatable bonds is 3. The summed E-state index contributed by atoms with van der Waals surface area (Å²) in [5, 5.41) is 4.54. The molecule has 1 saturated heterocycles. The van der Waals surface area contributed by atoms with Gasteiger partial charge >= 0.3 is 6.18 Å². The number of carbonyl (C=O) groups is 1. The van der Waals surface area contributed by atoms with E-state index in [1.54, 1.807) is 0 Å². The van der Waals surface area contributed by atoms with E-state index in [0.29, 0.717) is 0 Å². The number of halogens is 3. The maximum absolute atomic E-state index is 12.8. The molecule has 0 aliphatic carbocycles. The van der Waals surface area contributed by atoms with Crippen molar-refractivity contribution in [3.05, 3.63) is 29.8 Å². The fourth-order valence-electron chi connectivity index (χ4n) is 2.32. The highest BCUT2D eigenvalue weighted by atomic mass is 19.4. The second-order valence-electron chi connectivity index (χ2n) is 4.88. The molecule has 1 aromatic carbocycles. The lowest BCUT2D eigenvalue weighted by Gasteiger charge is -2.22. The minimum atomic E-state index is -4.46. The molecule has 2 rings (SSSR count). The molecule has 4 nitrogen and oxygen atoms in total. The zero-order valence-corrected chi connectivity index (χ0v) is 11.0. The molecule has 0 aromatic heterocycles. The van der Waals surface area contributed by atoms with Gasteiger partial charge in [-0.25, -0.2) is 0 Å². The fourth-order valence-corrected chi connectivity index (χ4v) is 2.32. The number of nitrogens with two attached hydrogens (primary N) is 1. The van der Waals surface area contributed by atoms with Crippen molar-refractivity contribution in [2.75, 3.05) is 38.0 Å². The number of amides is 1. The molecule has 0 unspecified atom stereocenters. The summed E-state index contributed by atoms with van der Waals surface area (Å²) in [6.07, 6.45) is -4.46. The lowest BCUT2D eigenvalue weighted by atomic mass is 10.1. The molecule has 1 aromatic rings. The van der Waals surface area contributed by atoms with Gasteiger partial charge in [-0.3, -0.25) is 4.79 Å². The molecule has 0 radical (unpaired) electrons. The van der Waals surface area contributed by atoms with E-state index in [1.807, 2.05) is 0 Å². The van der Waals surface area contributed by atoms with Gasteiger partial charge in [0.05, 0.1) is 11.3 Å². The highest BCUT2D eigenvalue weighted by Gasteiger charge is 2.33. The third kappa shape index (κ3) is 3.94. The summed E-state index contributed by atoms with van der Waals surface area (Å²) >= 11 is 0. The minimum Gasteiger partial charge on any atom is -0.337 e. The number of anilines is 1. The zero-order chi connectivity index (χ0) is 14.6. The van der Waals surface area contributed by atoms with Crippen LogP contribution in [0.2, 0.25) is 0 Å². The lowest BCUT2D eigenvalue weighted by molar-refractivity contribution is -0.940. The number of quaternary nitrogens is 2. The van der Waals surface area contributed by atoms with Crippen LogP contribution in [0.1, 0.15) is 5.56 Å². The molecule has 1 heterocycles. The summed E-state index contributed by atoms with van der Waals surface area (Å²) in [6, 6.07) is 5.04. The van der Waals surface area contributed by atoms with Crippen LogP contribution in [-0.4, -0.2) is 38.6 Å². The molecule has 1 aliphatic rings. The maximum atomic E-state index is 12.8.